The summed E-state index contributed by atoms with van der Waals surface area (Å²) < 4.78 is 0. The van der Waals surface area contributed by atoms with Crippen LogP contribution in [0.15, 0.2) is 0 Å². The summed E-state index contributed by atoms with van der Waals surface area (Å²) in [4.78, 5) is 0. The first-order chi connectivity index (χ1) is 3.39. The summed E-state index contributed by atoms with van der Waals surface area (Å²) in [5.74, 6) is 0. The van der Waals surface area contributed by atoms with Crippen LogP contribution in [0.2, 0.25) is 0 Å². The number of piperidine rings is 1. The minimum atomic E-state index is 0.286. The van der Waals surface area contributed by atoms with Crippen LogP contribution in [0.25, 0.3) is 0 Å². The van der Waals surface area contributed by atoms with Gasteiger partial charge in [-0.2, -0.15) is 0 Å². The van der Waals surface area contributed by atoms with Crippen molar-refractivity contribution in [2.75, 3.05) is 6.54 Å². The molecule has 0 aliphatic carbocycles. The van der Waals surface area contributed by atoms with Crippen LogP contribution in [0.5, 0.6) is 0 Å². The Morgan fingerprint density at radius 2 is 2.29 bits per heavy atom. The summed E-state index contributed by atoms with van der Waals surface area (Å²) in [6.45, 7) is 1.11. The molecule has 1 aliphatic heterocycles. The standard InChI is InChI=1S/C5H12N2/c6-5-3-1-2-4-7-5/h5,7H,1-4,6H2/t5-/m0/s1. The highest BCUT2D eigenvalue weighted by Crippen LogP contribution is 2.00. The molecule has 0 radical (unpaired) electrons. The third kappa shape index (κ3) is 1.45. The van der Waals surface area contributed by atoms with Gasteiger partial charge >= 0.3 is 0 Å². The topological polar surface area (TPSA) is 38.0 Å². The van der Waals surface area contributed by atoms with Crippen LogP contribution < -0.4 is 11.1 Å². The Morgan fingerprint density at radius 1 is 1.43 bits per heavy atom. The van der Waals surface area contributed by atoms with Gasteiger partial charge in [-0.25, -0.2) is 0 Å². The molecule has 0 spiro atoms. The quantitative estimate of drug-likeness (QED) is 0.451. The maximum Gasteiger partial charge on any atom is 0.0546 e. The maximum atomic E-state index is 5.52. The first-order valence-electron chi connectivity index (χ1n) is 2.88. The monoisotopic (exact) mass is 100 g/mol. The third-order valence-corrected chi connectivity index (χ3v) is 1.35. The van der Waals surface area contributed by atoms with Crippen LogP contribution in [0.3, 0.4) is 0 Å². The molecule has 0 amide bonds. The molecule has 1 atom stereocenters. The van der Waals surface area contributed by atoms with Gasteiger partial charge in [0, 0.05) is 0 Å². The molecular formula is C5H12N2. The van der Waals surface area contributed by atoms with Crippen molar-refractivity contribution in [1.29, 1.82) is 0 Å². The van der Waals surface area contributed by atoms with E-state index in [2.05, 4.69) is 5.32 Å². The highest BCUT2D eigenvalue weighted by Gasteiger charge is 2.04. The third-order valence-electron chi connectivity index (χ3n) is 1.35. The van der Waals surface area contributed by atoms with Crippen molar-refractivity contribution in [2.24, 2.45) is 5.73 Å². The van der Waals surface area contributed by atoms with E-state index in [1.165, 1.54) is 12.8 Å². The number of nitrogens with one attached hydrogen (secondary N) is 1. The van der Waals surface area contributed by atoms with Crippen LogP contribution in [-0.4, -0.2) is 12.7 Å². The van der Waals surface area contributed by atoms with Gasteiger partial charge < -0.3 is 11.1 Å². The molecule has 0 aromatic carbocycles. The molecule has 0 aromatic rings. The average Bonchev–Trinajstić information content (AvgIpc) is 1.69. The molecule has 0 unspecified atom stereocenters. The Morgan fingerprint density at radius 3 is 2.57 bits per heavy atom. The van der Waals surface area contributed by atoms with E-state index in [1.807, 2.05) is 0 Å². The number of hydrogen-bond acceptors (Lipinski definition) is 2. The molecule has 2 nitrogen and oxygen atoms in total. The van der Waals surface area contributed by atoms with Crippen molar-refractivity contribution >= 4 is 0 Å². The predicted molar refractivity (Wildman–Crippen MR) is 29.8 cm³/mol. The molecule has 0 bridgehead atoms. The minimum Gasteiger partial charge on any atom is -0.316 e. The zero-order valence-electron chi connectivity index (χ0n) is 4.48. The highest BCUT2D eigenvalue weighted by molar-refractivity contribution is 4.64. The van der Waals surface area contributed by atoms with Gasteiger partial charge in [0.25, 0.3) is 0 Å². The zero-order chi connectivity index (χ0) is 5.11. The molecule has 1 rings (SSSR count). The second kappa shape index (κ2) is 2.28. The van der Waals surface area contributed by atoms with Crippen molar-refractivity contribution in [1.82, 2.24) is 5.32 Å². The van der Waals surface area contributed by atoms with E-state index in [-0.39, 0.29) is 6.17 Å². The lowest BCUT2D eigenvalue weighted by atomic mass is 10.1. The van der Waals surface area contributed by atoms with Crippen LogP contribution >= 0.6 is 0 Å². The fraction of sp³-hybridized carbons (Fsp3) is 1.00. The van der Waals surface area contributed by atoms with Gasteiger partial charge in [0.15, 0.2) is 0 Å². The Kier molecular flexibility index (Phi) is 1.65. The Bertz CT molecular complexity index is 48.0. The summed E-state index contributed by atoms with van der Waals surface area (Å²) in [6, 6.07) is 0. The van der Waals surface area contributed by atoms with Crippen molar-refractivity contribution < 1.29 is 0 Å². The van der Waals surface area contributed by atoms with Crippen LogP contribution in [-0.2, 0) is 0 Å². The number of hydrogen-bond donors (Lipinski definition) is 2. The van der Waals surface area contributed by atoms with E-state index in [4.69, 9.17) is 5.73 Å². The van der Waals surface area contributed by atoms with E-state index in [0.29, 0.717) is 0 Å². The molecule has 1 fully saturated rings. The normalized spacial score (nSPS) is 33.0. The molecule has 3 N–H and O–H groups in total. The highest BCUT2D eigenvalue weighted by atomic mass is 15.0. The van der Waals surface area contributed by atoms with Crippen molar-refractivity contribution in [2.45, 2.75) is 25.4 Å². The fourth-order valence-electron chi connectivity index (χ4n) is 0.879. The Hall–Kier alpha value is -0.0800. The molecule has 42 valence electrons. The summed E-state index contributed by atoms with van der Waals surface area (Å²) >= 11 is 0. The van der Waals surface area contributed by atoms with Gasteiger partial charge in [-0.1, -0.05) is 0 Å². The van der Waals surface area contributed by atoms with Crippen LogP contribution in [0, 0.1) is 0 Å². The summed E-state index contributed by atoms with van der Waals surface area (Å²) in [7, 11) is 0. The zero-order valence-corrected chi connectivity index (χ0v) is 4.48. The van der Waals surface area contributed by atoms with E-state index >= 15 is 0 Å². The molecular weight excluding hydrogens is 88.1 g/mol. The Balaban J connectivity index is 2.12. The Labute approximate surface area is 44.1 Å². The minimum absolute atomic E-state index is 0.286. The number of rotatable bonds is 0. The lowest BCUT2D eigenvalue weighted by Crippen LogP contribution is -2.40. The SMILES string of the molecule is N[C@@H]1CCCCN1. The molecule has 0 saturated carbocycles. The van der Waals surface area contributed by atoms with Gasteiger partial charge in [-0.05, 0) is 25.8 Å². The second-order valence-electron chi connectivity index (χ2n) is 2.06. The molecule has 1 heterocycles. The fourth-order valence-corrected chi connectivity index (χ4v) is 0.879. The lowest BCUT2D eigenvalue weighted by Gasteiger charge is -2.18. The lowest BCUT2D eigenvalue weighted by molar-refractivity contribution is 0.411. The maximum absolute atomic E-state index is 5.52. The van der Waals surface area contributed by atoms with Gasteiger partial charge in [-0.3, -0.25) is 0 Å². The van der Waals surface area contributed by atoms with E-state index in [9.17, 15) is 0 Å². The van der Waals surface area contributed by atoms with E-state index < -0.39 is 0 Å². The largest absolute Gasteiger partial charge is 0.316 e. The van der Waals surface area contributed by atoms with Crippen LogP contribution in [0.1, 0.15) is 19.3 Å². The molecule has 0 aromatic heterocycles. The average molecular weight is 100 g/mol. The van der Waals surface area contributed by atoms with Gasteiger partial charge in [0.1, 0.15) is 0 Å². The first-order valence-corrected chi connectivity index (χ1v) is 2.88. The van der Waals surface area contributed by atoms with Gasteiger partial charge in [0.05, 0.1) is 6.17 Å². The van der Waals surface area contributed by atoms with Crippen LogP contribution in [0.4, 0.5) is 0 Å². The van der Waals surface area contributed by atoms with Crippen molar-refractivity contribution in [3.8, 4) is 0 Å². The molecule has 1 saturated heterocycles. The summed E-state index contributed by atoms with van der Waals surface area (Å²) in [5, 5.41) is 3.16. The van der Waals surface area contributed by atoms with Gasteiger partial charge in [0.2, 0.25) is 0 Å². The van der Waals surface area contributed by atoms with E-state index in [1.54, 1.807) is 0 Å². The first kappa shape index (κ1) is 5.06. The molecule has 1 aliphatic rings. The van der Waals surface area contributed by atoms with E-state index in [0.717, 1.165) is 13.0 Å². The second-order valence-corrected chi connectivity index (χ2v) is 2.06. The summed E-state index contributed by atoms with van der Waals surface area (Å²) in [6.07, 6.45) is 4.04. The number of nitrogens with two attached hydrogens (primary N) is 1. The smallest absolute Gasteiger partial charge is 0.0546 e. The predicted octanol–water partition coefficient (Wildman–Crippen LogP) is 0.0447. The molecule has 2 heteroatoms. The van der Waals surface area contributed by atoms with Crippen molar-refractivity contribution in [3.05, 3.63) is 0 Å². The molecule has 7 heavy (non-hydrogen) atoms. The summed E-state index contributed by atoms with van der Waals surface area (Å²) in [5.41, 5.74) is 5.52. The van der Waals surface area contributed by atoms with Gasteiger partial charge in [-0.15, -0.1) is 0 Å². The van der Waals surface area contributed by atoms with Crippen molar-refractivity contribution in [3.63, 3.8) is 0 Å².